The zero-order valence-corrected chi connectivity index (χ0v) is 13.4. The first-order valence-corrected chi connectivity index (χ1v) is 7.04. The van der Waals surface area contributed by atoms with Crippen molar-refractivity contribution in [3.63, 3.8) is 0 Å². The van der Waals surface area contributed by atoms with E-state index in [4.69, 9.17) is 0 Å². The van der Waals surface area contributed by atoms with E-state index in [9.17, 15) is 5.26 Å². The lowest BCUT2D eigenvalue weighted by Crippen LogP contribution is -2.50. The van der Waals surface area contributed by atoms with Gasteiger partial charge >= 0.3 is 0 Å². The van der Waals surface area contributed by atoms with Crippen LogP contribution in [0.15, 0.2) is 0 Å². The highest BCUT2D eigenvalue weighted by atomic mass is 15.2. The van der Waals surface area contributed by atoms with Crippen molar-refractivity contribution in [3.05, 3.63) is 0 Å². The van der Waals surface area contributed by atoms with Gasteiger partial charge < -0.3 is 4.90 Å². The molecule has 106 valence electrons. The van der Waals surface area contributed by atoms with Crippen LogP contribution in [0.1, 0.15) is 54.9 Å². The number of rotatable bonds is 7. The Kier molecular flexibility index (Phi) is 6.88. The molecule has 0 aliphatic carbocycles. The average Bonchev–Trinajstić information content (AvgIpc) is 2.25. The van der Waals surface area contributed by atoms with Gasteiger partial charge in [0, 0.05) is 18.1 Å². The van der Waals surface area contributed by atoms with E-state index in [0.29, 0.717) is 24.0 Å². The van der Waals surface area contributed by atoms with Gasteiger partial charge in [-0.25, -0.2) is 0 Å². The standard InChI is InChI=1S/C15H31N3/c1-11(2)14(6)18(8)13(5)9-15(7,10-16)17-12(3)4/h11-14,17H,9H2,1-8H3. The van der Waals surface area contributed by atoms with Gasteiger partial charge in [0.1, 0.15) is 5.54 Å². The summed E-state index contributed by atoms with van der Waals surface area (Å²) in [6.45, 7) is 15.1. The molecule has 0 bridgehead atoms. The molecule has 0 heterocycles. The molecule has 0 radical (unpaired) electrons. The van der Waals surface area contributed by atoms with Gasteiger partial charge in [0.15, 0.2) is 0 Å². The van der Waals surface area contributed by atoms with E-state index in [1.54, 1.807) is 0 Å². The molecule has 3 heteroatoms. The first-order chi connectivity index (χ1) is 8.13. The van der Waals surface area contributed by atoms with Crippen molar-refractivity contribution >= 4 is 0 Å². The van der Waals surface area contributed by atoms with Crippen LogP contribution in [0.25, 0.3) is 0 Å². The molecule has 3 unspecified atom stereocenters. The van der Waals surface area contributed by atoms with Crippen LogP contribution in [0.3, 0.4) is 0 Å². The van der Waals surface area contributed by atoms with Gasteiger partial charge in [-0.1, -0.05) is 13.8 Å². The lowest BCUT2D eigenvalue weighted by Gasteiger charge is -2.37. The highest BCUT2D eigenvalue weighted by Gasteiger charge is 2.30. The summed E-state index contributed by atoms with van der Waals surface area (Å²) in [5, 5.41) is 12.8. The largest absolute Gasteiger partial charge is 0.301 e. The van der Waals surface area contributed by atoms with Gasteiger partial charge in [0.05, 0.1) is 6.07 Å². The molecule has 0 amide bonds. The van der Waals surface area contributed by atoms with E-state index in [0.717, 1.165) is 6.42 Å². The van der Waals surface area contributed by atoms with Gasteiger partial charge in [0.2, 0.25) is 0 Å². The summed E-state index contributed by atoms with van der Waals surface area (Å²) < 4.78 is 0. The molecule has 0 aliphatic rings. The van der Waals surface area contributed by atoms with E-state index in [-0.39, 0.29) is 0 Å². The molecule has 18 heavy (non-hydrogen) atoms. The maximum Gasteiger partial charge on any atom is 0.105 e. The zero-order chi connectivity index (χ0) is 14.5. The Bertz CT molecular complexity index is 280. The number of nitrogens with one attached hydrogen (secondary N) is 1. The Hall–Kier alpha value is -0.590. The van der Waals surface area contributed by atoms with Gasteiger partial charge in [0.25, 0.3) is 0 Å². The normalized spacial score (nSPS) is 18.8. The predicted molar refractivity (Wildman–Crippen MR) is 78.4 cm³/mol. The Morgan fingerprint density at radius 3 is 2.00 bits per heavy atom. The highest BCUT2D eigenvalue weighted by Crippen LogP contribution is 2.19. The fraction of sp³-hybridized carbons (Fsp3) is 0.933. The molecule has 0 rings (SSSR count). The quantitative estimate of drug-likeness (QED) is 0.758. The minimum absolute atomic E-state index is 0.328. The molecule has 0 aromatic heterocycles. The van der Waals surface area contributed by atoms with Crippen LogP contribution in [-0.2, 0) is 0 Å². The summed E-state index contributed by atoms with van der Waals surface area (Å²) in [5.74, 6) is 0.629. The number of hydrogen-bond donors (Lipinski definition) is 1. The predicted octanol–water partition coefficient (Wildman–Crippen LogP) is 3.02. The highest BCUT2D eigenvalue weighted by molar-refractivity contribution is 5.06. The summed E-state index contributed by atoms with van der Waals surface area (Å²) in [4.78, 5) is 2.38. The maximum atomic E-state index is 9.38. The Morgan fingerprint density at radius 2 is 1.67 bits per heavy atom. The Morgan fingerprint density at radius 1 is 1.17 bits per heavy atom. The smallest absolute Gasteiger partial charge is 0.105 e. The van der Waals surface area contributed by atoms with Crippen LogP contribution in [0.2, 0.25) is 0 Å². The van der Waals surface area contributed by atoms with Crippen molar-refractivity contribution in [2.75, 3.05) is 7.05 Å². The first-order valence-electron chi connectivity index (χ1n) is 7.04. The zero-order valence-electron chi connectivity index (χ0n) is 13.4. The van der Waals surface area contributed by atoms with Crippen LogP contribution in [-0.4, -0.2) is 35.6 Å². The summed E-state index contributed by atoms with van der Waals surface area (Å²) >= 11 is 0. The van der Waals surface area contributed by atoms with E-state index in [1.165, 1.54) is 0 Å². The van der Waals surface area contributed by atoms with Gasteiger partial charge in [-0.3, -0.25) is 5.32 Å². The van der Waals surface area contributed by atoms with E-state index >= 15 is 0 Å². The second-order valence-corrected chi connectivity index (χ2v) is 6.45. The maximum absolute atomic E-state index is 9.38. The third-order valence-electron chi connectivity index (χ3n) is 3.86. The summed E-state index contributed by atoms with van der Waals surface area (Å²) in [7, 11) is 2.16. The van der Waals surface area contributed by atoms with Crippen LogP contribution in [0.4, 0.5) is 0 Å². The molecular formula is C15H31N3. The number of nitrogens with zero attached hydrogens (tertiary/aromatic N) is 2. The van der Waals surface area contributed by atoms with Gasteiger partial charge in [-0.15, -0.1) is 0 Å². The molecule has 0 aliphatic heterocycles. The lowest BCUT2D eigenvalue weighted by atomic mass is 9.92. The van der Waals surface area contributed by atoms with Gasteiger partial charge in [-0.05, 0) is 54.0 Å². The minimum Gasteiger partial charge on any atom is -0.301 e. The second-order valence-electron chi connectivity index (χ2n) is 6.45. The topological polar surface area (TPSA) is 39.1 Å². The minimum atomic E-state index is -0.446. The Balaban J connectivity index is 4.62. The molecule has 0 fully saturated rings. The average molecular weight is 253 g/mol. The fourth-order valence-electron chi connectivity index (χ4n) is 2.38. The number of nitriles is 1. The molecule has 0 saturated heterocycles. The third-order valence-corrected chi connectivity index (χ3v) is 3.86. The molecule has 1 N–H and O–H groups in total. The summed E-state index contributed by atoms with van der Waals surface area (Å²) in [6.07, 6.45) is 0.843. The van der Waals surface area contributed by atoms with Crippen molar-refractivity contribution in [3.8, 4) is 6.07 Å². The Labute approximate surface area is 114 Å². The first kappa shape index (κ1) is 17.4. The van der Waals surface area contributed by atoms with Crippen LogP contribution in [0, 0.1) is 17.2 Å². The van der Waals surface area contributed by atoms with E-state index < -0.39 is 5.54 Å². The molecule has 0 spiro atoms. The van der Waals surface area contributed by atoms with Crippen molar-refractivity contribution in [2.24, 2.45) is 5.92 Å². The van der Waals surface area contributed by atoms with Crippen molar-refractivity contribution in [1.29, 1.82) is 5.26 Å². The van der Waals surface area contributed by atoms with Crippen LogP contribution in [0.5, 0.6) is 0 Å². The number of hydrogen-bond acceptors (Lipinski definition) is 3. The van der Waals surface area contributed by atoms with Crippen molar-refractivity contribution in [1.82, 2.24) is 10.2 Å². The summed E-state index contributed by atoms with van der Waals surface area (Å²) in [5.41, 5.74) is -0.446. The van der Waals surface area contributed by atoms with Crippen LogP contribution < -0.4 is 5.32 Å². The second kappa shape index (κ2) is 7.11. The lowest BCUT2D eigenvalue weighted by molar-refractivity contribution is 0.134. The monoisotopic (exact) mass is 253 g/mol. The van der Waals surface area contributed by atoms with Crippen molar-refractivity contribution < 1.29 is 0 Å². The fourth-order valence-corrected chi connectivity index (χ4v) is 2.38. The SMILES string of the molecule is CC(C)NC(C)(C#N)CC(C)N(C)C(C)C(C)C. The summed E-state index contributed by atoms with van der Waals surface area (Å²) in [6, 6.07) is 3.67. The van der Waals surface area contributed by atoms with Crippen molar-refractivity contribution in [2.45, 2.75) is 78.6 Å². The van der Waals surface area contributed by atoms with Gasteiger partial charge in [-0.2, -0.15) is 5.26 Å². The van der Waals surface area contributed by atoms with E-state index in [1.807, 2.05) is 6.92 Å². The van der Waals surface area contributed by atoms with E-state index in [2.05, 4.69) is 64.9 Å². The molecule has 0 aromatic carbocycles. The molecule has 3 atom stereocenters. The van der Waals surface area contributed by atoms with Crippen LogP contribution >= 0.6 is 0 Å². The molecule has 3 nitrogen and oxygen atoms in total. The molecule has 0 saturated carbocycles. The third kappa shape index (κ3) is 5.37. The molecular weight excluding hydrogens is 222 g/mol. The molecule has 0 aromatic rings.